The third-order valence-electron chi connectivity index (χ3n) is 3.03. The minimum Gasteiger partial charge on any atom is -0.493 e. The summed E-state index contributed by atoms with van der Waals surface area (Å²) in [5.41, 5.74) is 0.703. The van der Waals surface area contributed by atoms with E-state index >= 15 is 0 Å². The van der Waals surface area contributed by atoms with Crippen LogP contribution >= 0.6 is 0 Å². The van der Waals surface area contributed by atoms with Crippen molar-refractivity contribution in [1.82, 2.24) is 0 Å². The standard InChI is InChI=1S/C14H19NO5/c1-10(17)6-7-19-12-4-2-11(3-5-12)15-8-13(9-16)20-14(15)18/h2-5,10,13,16-17H,6-9H2,1H3/t10-,13-/m1/s1. The fourth-order valence-corrected chi connectivity index (χ4v) is 1.90. The van der Waals surface area contributed by atoms with Crippen LogP contribution in [0.4, 0.5) is 10.5 Å². The van der Waals surface area contributed by atoms with Crippen molar-refractivity contribution in [1.29, 1.82) is 0 Å². The summed E-state index contributed by atoms with van der Waals surface area (Å²) in [6, 6.07) is 7.05. The van der Waals surface area contributed by atoms with Gasteiger partial charge in [-0.2, -0.15) is 0 Å². The Bertz CT molecular complexity index is 445. The van der Waals surface area contributed by atoms with E-state index in [0.29, 0.717) is 31.0 Å². The molecule has 0 spiro atoms. The fourth-order valence-electron chi connectivity index (χ4n) is 1.90. The number of amides is 1. The van der Waals surface area contributed by atoms with Crippen molar-refractivity contribution in [2.75, 3.05) is 24.7 Å². The number of aliphatic hydroxyl groups excluding tert-OH is 2. The van der Waals surface area contributed by atoms with Crippen LogP contribution in [0.3, 0.4) is 0 Å². The van der Waals surface area contributed by atoms with E-state index in [2.05, 4.69) is 0 Å². The highest BCUT2D eigenvalue weighted by atomic mass is 16.6. The number of hydrogen-bond acceptors (Lipinski definition) is 5. The summed E-state index contributed by atoms with van der Waals surface area (Å²) >= 11 is 0. The van der Waals surface area contributed by atoms with Crippen LogP contribution in [0.15, 0.2) is 24.3 Å². The Kier molecular flexibility index (Phi) is 4.81. The molecule has 0 aromatic heterocycles. The molecule has 0 unspecified atom stereocenters. The molecule has 0 aliphatic carbocycles. The first-order valence-electron chi connectivity index (χ1n) is 6.60. The zero-order chi connectivity index (χ0) is 14.5. The maximum absolute atomic E-state index is 11.6. The van der Waals surface area contributed by atoms with E-state index in [0.717, 1.165) is 0 Å². The Hall–Kier alpha value is -1.79. The maximum Gasteiger partial charge on any atom is 0.414 e. The fraction of sp³-hybridized carbons (Fsp3) is 0.500. The minimum absolute atomic E-state index is 0.178. The molecular weight excluding hydrogens is 262 g/mol. The average Bonchev–Trinajstić information content (AvgIpc) is 2.80. The third kappa shape index (κ3) is 3.61. The molecule has 1 fully saturated rings. The van der Waals surface area contributed by atoms with Gasteiger partial charge in [-0.15, -0.1) is 0 Å². The highest BCUT2D eigenvalue weighted by Gasteiger charge is 2.31. The van der Waals surface area contributed by atoms with Crippen LogP contribution in [0.1, 0.15) is 13.3 Å². The number of rotatable bonds is 6. The van der Waals surface area contributed by atoms with Gasteiger partial charge in [0, 0.05) is 12.1 Å². The van der Waals surface area contributed by atoms with E-state index in [4.69, 9.17) is 19.7 Å². The van der Waals surface area contributed by atoms with E-state index in [9.17, 15) is 4.79 Å². The maximum atomic E-state index is 11.6. The molecule has 1 amide bonds. The van der Waals surface area contributed by atoms with Crippen LogP contribution in [0.5, 0.6) is 5.75 Å². The largest absolute Gasteiger partial charge is 0.493 e. The van der Waals surface area contributed by atoms with Gasteiger partial charge in [-0.1, -0.05) is 0 Å². The summed E-state index contributed by atoms with van der Waals surface area (Å²) in [4.78, 5) is 13.1. The van der Waals surface area contributed by atoms with Gasteiger partial charge in [0.15, 0.2) is 0 Å². The molecule has 20 heavy (non-hydrogen) atoms. The van der Waals surface area contributed by atoms with Gasteiger partial charge in [0.05, 0.1) is 25.9 Å². The lowest BCUT2D eigenvalue weighted by Crippen LogP contribution is -2.25. The monoisotopic (exact) mass is 281 g/mol. The van der Waals surface area contributed by atoms with E-state index in [1.807, 2.05) is 0 Å². The Labute approximate surface area is 117 Å². The summed E-state index contributed by atoms with van der Waals surface area (Å²) < 4.78 is 10.4. The molecule has 0 radical (unpaired) electrons. The van der Waals surface area contributed by atoms with Gasteiger partial charge < -0.3 is 19.7 Å². The van der Waals surface area contributed by atoms with E-state index < -0.39 is 12.2 Å². The lowest BCUT2D eigenvalue weighted by atomic mass is 10.2. The Morgan fingerprint density at radius 2 is 2.15 bits per heavy atom. The first kappa shape index (κ1) is 14.6. The first-order valence-corrected chi connectivity index (χ1v) is 6.60. The topological polar surface area (TPSA) is 79.2 Å². The summed E-state index contributed by atoms with van der Waals surface area (Å²) in [6.07, 6.45) is -0.737. The van der Waals surface area contributed by atoms with Crippen molar-refractivity contribution >= 4 is 11.8 Å². The van der Waals surface area contributed by atoms with Gasteiger partial charge in [-0.25, -0.2) is 4.79 Å². The predicted molar refractivity (Wildman–Crippen MR) is 72.9 cm³/mol. The molecule has 0 saturated carbocycles. The molecule has 1 aromatic carbocycles. The molecule has 6 heteroatoms. The van der Waals surface area contributed by atoms with Crippen molar-refractivity contribution in [3.63, 3.8) is 0 Å². The van der Waals surface area contributed by atoms with Crippen LogP contribution in [0, 0.1) is 0 Å². The summed E-state index contributed by atoms with van der Waals surface area (Å²) in [6.45, 7) is 2.32. The molecular formula is C14H19NO5. The molecule has 1 aliphatic rings. The molecule has 6 nitrogen and oxygen atoms in total. The second kappa shape index (κ2) is 6.58. The van der Waals surface area contributed by atoms with Crippen molar-refractivity contribution in [3.8, 4) is 5.75 Å². The third-order valence-corrected chi connectivity index (χ3v) is 3.03. The van der Waals surface area contributed by atoms with Crippen molar-refractivity contribution in [2.45, 2.75) is 25.6 Å². The molecule has 2 N–H and O–H groups in total. The first-order chi connectivity index (χ1) is 9.60. The number of carbonyl (C=O) groups excluding carboxylic acids is 1. The lowest BCUT2D eigenvalue weighted by molar-refractivity contribution is 0.0963. The Morgan fingerprint density at radius 1 is 1.45 bits per heavy atom. The minimum atomic E-state index is -0.468. The van der Waals surface area contributed by atoms with Crippen molar-refractivity contribution < 1.29 is 24.5 Å². The quantitative estimate of drug-likeness (QED) is 0.818. The van der Waals surface area contributed by atoms with Gasteiger partial charge in [-0.3, -0.25) is 4.90 Å². The second-order valence-corrected chi connectivity index (χ2v) is 4.78. The molecule has 110 valence electrons. The van der Waals surface area contributed by atoms with Crippen LogP contribution in [-0.4, -0.2) is 48.3 Å². The summed E-state index contributed by atoms with van der Waals surface area (Å²) in [5, 5.41) is 18.1. The van der Waals surface area contributed by atoms with Crippen LogP contribution in [0.2, 0.25) is 0 Å². The average molecular weight is 281 g/mol. The van der Waals surface area contributed by atoms with Gasteiger partial charge in [0.1, 0.15) is 11.9 Å². The lowest BCUT2D eigenvalue weighted by Gasteiger charge is -2.14. The SMILES string of the molecule is C[C@@H](O)CCOc1ccc(N2C[C@H](CO)OC2=O)cc1. The number of aliphatic hydroxyl groups is 2. The van der Waals surface area contributed by atoms with E-state index in [1.54, 1.807) is 31.2 Å². The molecule has 1 aliphatic heterocycles. The van der Waals surface area contributed by atoms with Crippen LogP contribution in [0.25, 0.3) is 0 Å². The number of ether oxygens (including phenoxy) is 2. The highest BCUT2D eigenvalue weighted by molar-refractivity contribution is 5.89. The Balaban J connectivity index is 1.93. The number of carbonyl (C=O) groups is 1. The highest BCUT2D eigenvalue weighted by Crippen LogP contribution is 2.24. The van der Waals surface area contributed by atoms with Crippen molar-refractivity contribution in [3.05, 3.63) is 24.3 Å². The zero-order valence-electron chi connectivity index (χ0n) is 11.4. The number of anilines is 1. The number of nitrogens with zero attached hydrogens (tertiary/aromatic N) is 1. The van der Waals surface area contributed by atoms with E-state index in [1.165, 1.54) is 4.90 Å². The van der Waals surface area contributed by atoms with Gasteiger partial charge in [0.25, 0.3) is 0 Å². The van der Waals surface area contributed by atoms with E-state index in [-0.39, 0.29) is 12.7 Å². The number of benzene rings is 1. The normalized spacial score (nSPS) is 19.9. The van der Waals surface area contributed by atoms with Gasteiger partial charge >= 0.3 is 6.09 Å². The molecule has 1 heterocycles. The molecule has 0 bridgehead atoms. The molecule has 1 aromatic rings. The number of hydrogen-bond donors (Lipinski definition) is 2. The second-order valence-electron chi connectivity index (χ2n) is 4.78. The van der Waals surface area contributed by atoms with Crippen molar-refractivity contribution in [2.24, 2.45) is 0 Å². The smallest absolute Gasteiger partial charge is 0.414 e. The molecule has 2 atom stereocenters. The van der Waals surface area contributed by atoms with Crippen LogP contribution < -0.4 is 9.64 Å². The Morgan fingerprint density at radius 3 is 2.70 bits per heavy atom. The number of cyclic esters (lactones) is 1. The van der Waals surface area contributed by atoms with Crippen LogP contribution in [-0.2, 0) is 4.74 Å². The zero-order valence-corrected chi connectivity index (χ0v) is 11.4. The molecule has 2 rings (SSSR count). The van der Waals surface area contributed by atoms with Gasteiger partial charge in [-0.05, 0) is 31.2 Å². The molecule has 1 saturated heterocycles. The summed E-state index contributed by atoms with van der Waals surface area (Å²) in [5.74, 6) is 0.681. The summed E-state index contributed by atoms with van der Waals surface area (Å²) in [7, 11) is 0. The van der Waals surface area contributed by atoms with Gasteiger partial charge in [0.2, 0.25) is 0 Å². The predicted octanol–water partition coefficient (Wildman–Crippen LogP) is 1.15.